The number of carbonyl (C=O) groups excluding carboxylic acids is 1. The smallest absolute Gasteiger partial charge is 0.261 e. The summed E-state index contributed by atoms with van der Waals surface area (Å²) in [6.07, 6.45) is 0. The molecule has 0 spiro atoms. The average Bonchev–Trinajstić information content (AvgIpc) is 2.97. The third kappa shape index (κ3) is 4.04. The van der Waals surface area contributed by atoms with E-state index in [1.165, 1.54) is 25.4 Å². The number of hydrogen-bond donors (Lipinski definition) is 2. The van der Waals surface area contributed by atoms with Crippen LogP contribution >= 0.6 is 11.3 Å². The number of nitrogens with zero attached hydrogens (tertiary/aromatic N) is 1. The molecule has 1 heterocycles. The van der Waals surface area contributed by atoms with Crippen LogP contribution < -0.4 is 14.8 Å². The summed E-state index contributed by atoms with van der Waals surface area (Å²) in [5.74, 6) is 0.182. The summed E-state index contributed by atoms with van der Waals surface area (Å²) in [4.78, 5) is 15.8. The van der Waals surface area contributed by atoms with Crippen LogP contribution in [0.3, 0.4) is 0 Å². The van der Waals surface area contributed by atoms with Crippen molar-refractivity contribution in [2.45, 2.75) is 25.7 Å². The maximum absolute atomic E-state index is 12.7. The molecule has 27 heavy (non-hydrogen) atoms. The number of aromatic nitrogens is 1. The van der Waals surface area contributed by atoms with Crippen molar-refractivity contribution >= 4 is 48.3 Å². The number of sulfonamides is 1. The first-order valence-electron chi connectivity index (χ1n) is 8.06. The van der Waals surface area contributed by atoms with Crippen LogP contribution in [-0.4, -0.2) is 26.4 Å². The molecular formula is C18H19N3O4S2. The Morgan fingerprint density at radius 3 is 2.52 bits per heavy atom. The normalized spacial score (nSPS) is 11.4. The van der Waals surface area contributed by atoms with Gasteiger partial charge in [0.1, 0.15) is 11.3 Å². The summed E-state index contributed by atoms with van der Waals surface area (Å²) >= 11 is 1.24. The van der Waals surface area contributed by atoms with Crippen molar-refractivity contribution in [1.29, 1.82) is 0 Å². The maximum Gasteiger partial charge on any atom is 0.261 e. The van der Waals surface area contributed by atoms with E-state index < -0.39 is 10.0 Å². The number of thiazole rings is 1. The fraction of sp³-hybridized carbons (Fsp3) is 0.222. The third-order valence-electron chi connectivity index (χ3n) is 4.00. The summed E-state index contributed by atoms with van der Waals surface area (Å²) < 4.78 is 34.1. The number of nitrogens with one attached hydrogen (secondary N) is 2. The molecule has 2 aromatic carbocycles. The molecule has 0 aliphatic rings. The molecule has 1 amide bonds. The lowest BCUT2D eigenvalue weighted by Gasteiger charge is -2.11. The molecule has 0 saturated heterocycles. The van der Waals surface area contributed by atoms with E-state index in [4.69, 9.17) is 4.74 Å². The molecule has 0 fully saturated rings. The molecular weight excluding hydrogens is 386 g/mol. The number of benzene rings is 2. The molecule has 0 aliphatic heterocycles. The van der Waals surface area contributed by atoms with Crippen LogP contribution in [0, 0.1) is 13.8 Å². The summed E-state index contributed by atoms with van der Waals surface area (Å²) in [5, 5.41) is 3.05. The van der Waals surface area contributed by atoms with Gasteiger partial charge in [0.2, 0.25) is 5.91 Å². The molecule has 0 saturated carbocycles. The SMILES string of the molecule is COc1cc(NS(=O)(=O)c2ccc(C)c(C)c2)cc2sc(NC(C)=O)nc12. The van der Waals surface area contributed by atoms with Crippen LogP contribution in [0.25, 0.3) is 10.2 Å². The van der Waals surface area contributed by atoms with Crippen molar-refractivity contribution in [3.63, 3.8) is 0 Å². The minimum atomic E-state index is -3.75. The van der Waals surface area contributed by atoms with E-state index in [0.29, 0.717) is 26.8 Å². The van der Waals surface area contributed by atoms with Crippen LogP contribution in [0.15, 0.2) is 35.2 Å². The summed E-state index contributed by atoms with van der Waals surface area (Å²) in [7, 11) is -2.27. The highest BCUT2D eigenvalue weighted by Gasteiger charge is 2.18. The lowest BCUT2D eigenvalue weighted by atomic mass is 10.1. The zero-order valence-corrected chi connectivity index (χ0v) is 16.9. The zero-order chi connectivity index (χ0) is 19.8. The van der Waals surface area contributed by atoms with Gasteiger partial charge in [-0.15, -0.1) is 0 Å². The van der Waals surface area contributed by atoms with E-state index >= 15 is 0 Å². The van der Waals surface area contributed by atoms with Crippen LogP contribution in [0.5, 0.6) is 5.75 Å². The minimum absolute atomic E-state index is 0.188. The molecule has 0 aliphatic carbocycles. The fourth-order valence-corrected chi connectivity index (χ4v) is 4.61. The van der Waals surface area contributed by atoms with Gasteiger partial charge >= 0.3 is 0 Å². The summed E-state index contributed by atoms with van der Waals surface area (Å²) in [6, 6.07) is 8.21. The topological polar surface area (TPSA) is 97.4 Å². The molecule has 7 nitrogen and oxygen atoms in total. The van der Waals surface area contributed by atoms with Crippen LogP contribution in [0.2, 0.25) is 0 Å². The van der Waals surface area contributed by atoms with E-state index in [1.807, 2.05) is 13.8 Å². The minimum Gasteiger partial charge on any atom is -0.494 e. The van der Waals surface area contributed by atoms with E-state index in [2.05, 4.69) is 15.0 Å². The van der Waals surface area contributed by atoms with Crippen molar-refractivity contribution < 1.29 is 17.9 Å². The molecule has 0 unspecified atom stereocenters. The highest BCUT2D eigenvalue weighted by Crippen LogP contribution is 2.36. The molecule has 0 bridgehead atoms. The Kier molecular flexibility index (Phi) is 5.07. The number of hydrogen-bond acceptors (Lipinski definition) is 6. The second kappa shape index (κ2) is 7.16. The Balaban J connectivity index is 2.00. The van der Waals surface area contributed by atoms with Gasteiger partial charge in [-0.25, -0.2) is 13.4 Å². The molecule has 2 N–H and O–H groups in total. The number of rotatable bonds is 5. The predicted octanol–water partition coefficient (Wildman–Crippen LogP) is 3.68. The van der Waals surface area contributed by atoms with Crippen molar-refractivity contribution in [3.8, 4) is 5.75 Å². The predicted molar refractivity (Wildman–Crippen MR) is 107 cm³/mol. The first-order chi connectivity index (χ1) is 12.7. The first kappa shape index (κ1) is 19.1. The second-order valence-corrected chi connectivity index (χ2v) is 8.79. The number of amides is 1. The molecule has 0 atom stereocenters. The van der Waals surface area contributed by atoms with Crippen molar-refractivity contribution in [3.05, 3.63) is 41.5 Å². The Bertz CT molecular complexity index is 1140. The highest BCUT2D eigenvalue weighted by atomic mass is 32.2. The molecule has 9 heteroatoms. The molecule has 0 radical (unpaired) electrons. The lowest BCUT2D eigenvalue weighted by Crippen LogP contribution is -2.13. The third-order valence-corrected chi connectivity index (χ3v) is 6.30. The van der Waals surface area contributed by atoms with Gasteiger partial charge in [-0.05, 0) is 43.2 Å². The van der Waals surface area contributed by atoms with Gasteiger partial charge in [0.05, 0.1) is 22.4 Å². The number of fused-ring (bicyclic) bond motifs is 1. The standard InChI is InChI=1S/C18H19N3O4S2/c1-10-5-6-14(7-11(10)2)27(23,24)21-13-8-15(25-4)17-16(9-13)26-18(20-17)19-12(3)22/h5-9,21H,1-4H3,(H,19,20,22). The number of methoxy groups -OCH3 is 1. The molecule has 1 aromatic heterocycles. The van der Waals surface area contributed by atoms with E-state index in [0.717, 1.165) is 11.1 Å². The maximum atomic E-state index is 12.7. The van der Waals surface area contributed by atoms with E-state index in [9.17, 15) is 13.2 Å². The Morgan fingerprint density at radius 2 is 1.89 bits per heavy atom. The van der Waals surface area contributed by atoms with Crippen LogP contribution in [-0.2, 0) is 14.8 Å². The van der Waals surface area contributed by atoms with Gasteiger partial charge < -0.3 is 10.1 Å². The summed E-state index contributed by atoms with van der Waals surface area (Å²) in [6.45, 7) is 5.19. The van der Waals surface area contributed by atoms with E-state index in [1.54, 1.807) is 30.3 Å². The lowest BCUT2D eigenvalue weighted by molar-refractivity contribution is -0.114. The molecule has 3 rings (SSSR count). The van der Waals surface area contributed by atoms with Gasteiger partial charge in [0.15, 0.2) is 5.13 Å². The Morgan fingerprint density at radius 1 is 1.15 bits per heavy atom. The van der Waals surface area contributed by atoms with Crippen molar-refractivity contribution in [2.75, 3.05) is 17.1 Å². The number of anilines is 2. The quantitative estimate of drug-likeness (QED) is 0.675. The number of ether oxygens (including phenoxy) is 1. The van der Waals surface area contributed by atoms with Gasteiger partial charge in [-0.2, -0.15) is 0 Å². The summed E-state index contributed by atoms with van der Waals surface area (Å²) in [5.41, 5.74) is 2.83. The fourth-order valence-electron chi connectivity index (χ4n) is 2.51. The van der Waals surface area contributed by atoms with Gasteiger partial charge in [-0.3, -0.25) is 9.52 Å². The highest BCUT2D eigenvalue weighted by molar-refractivity contribution is 7.92. The Labute approximate surface area is 161 Å². The largest absolute Gasteiger partial charge is 0.494 e. The zero-order valence-electron chi connectivity index (χ0n) is 15.3. The monoisotopic (exact) mass is 405 g/mol. The van der Waals surface area contributed by atoms with Crippen LogP contribution in [0.1, 0.15) is 18.1 Å². The van der Waals surface area contributed by atoms with Crippen molar-refractivity contribution in [1.82, 2.24) is 4.98 Å². The Hall–Kier alpha value is -2.65. The number of aryl methyl sites for hydroxylation is 2. The molecule has 3 aromatic rings. The van der Waals surface area contributed by atoms with Gasteiger partial charge in [0.25, 0.3) is 10.0 Å². The molecule has 142 valence electrons. The van der Waals surface area contributed by atoms with Crippen molar-refractivity contribution in [2.24, 2.45) is 0 Å². The average molecular weight is 406 g/mol. The van der Waals surface area contributed by atoms with Gasteiger partial charge in [-0.1, -0.05) is 17.4 Å². The van der Waals surface area contributed by atoms with E-state index in [-0.39, 0.29) is 10.8 Å². The van der Waals surface area contributed by atoms with Gasteiger partial charge in [0, 0.05) is 13.0 Å². The first-order valence-corrected chi connectivity index (χ1v) is 10.4. The number of carbonyl (C=O) groups is 1. The van der Waals surface area contributed by atoms with Crippen LogP contribution in [0.4, 0.5) is 10.8 Å². The second-order valence-electron chi connectivity index (χ2n) is 6.08.